The molecular formula is C13H9ClN2O4. The second-order valence-electron chi connectivity index (χ2n) is 3.92. The predicted octanol–water partition coefficient (Wildman–Crippen LogP) is 3.21. The number of nitrogens with one attached hydrogen (secondary N) is 1. The molecule has 0 aromatic heterocycles. The van der Waals surface area contributed by atoms with E-state index < -0.39 is 10.8 Å². The number of benzene rings is 2. The number of hydrogen-bond acceptors (Lipinski definition) is 4. The summed E-state index contributed by atoms with van der Waals surface area (Å²) in [5, 5.41) is 22.9. The molecular weight excluding hydrogens is 284 g/mol. The number of aromatic hydroxyl groups is 1. The normalized spacial score (nSPS) is 10.1. The smallest absolute Gasteiger partial charge is 0.282 e. The van der Waals surface area contributed by atoms with Gasteiger partial charge in [-0.15, -0.1) is 0 Å². The van der Waals surface area contributed by atoms with Gasteiger partial charge < -0.3 is 10.4 Å². The highest BCUT2D eigenvalue weighted by Crippen LogP contribution is 2.24. The van der Waals surface area contributed by atoms with Crippen LogP contribution in [0.15, 0.2) is 42.5 Å². The molecule has 2 rings (SSSR count). The summed E-state index contributed by atoms with van der Waals surface area (Å²) in [5.41, 5.74) is -0.165. The van der Waals surface area contributed by atoms with Gasteiger partial charge in [0.25, 0.3) is 11.6 Å². The lowest BCUT2D eigenvalue weighted by molar-refractivity contribution is -0.385. The summed E-state index contributed by atoms with van der Waals surface area (Å²) >= 11 is 5.75. The maximum absolute atomic E-state index is 12.0. The summed E-state index contributed by atoms with van der Waals surface area (Å²) in [6.45, 7) is 0. The van der Waals surface area contributed by atoms with Crippen LogP contribution in [0.3, 0.4) is 0 Å². The molecule has 0 unspecified atom stereocenters. The Labute approximate surface area is 118 Å². The zero-order chi connectivity index (χ0) is 14.7. The quantitative estimate of drug-likeness (QED) is 0.671. The zero-order valence-corrected chi connectivity index (χ0v) is 10.8. The van der Waals surface area contributed by atoms with E-state index in [0.29, 0.717) is 5.69 Å². The largest absolute Gasteiger partial charge is 0.508 e. The SMILES string of the molecule is O=C(Nc1cccc(O)c1)c1cc(Cl)ccc1[N+](=O)[O-]. The Hall–Kier alpha value is -2.60. The molecule has 2 N–H and O–H groups in total. The molecule has 0 aliphatic heterocycles. The molecule has 0 saturated heterocycles. The van der Waals surface area contributed by atoms with Crippen molar-refractivity contribution in [2.24, 2.45) is 0 Å². The van der Waals surface area contributed by atoms with E-state index in [-0.39, 0.29) is 22.0 Å². The summed E-state index contributed by atoms with van der Waals surface area (Å²) in [7, 11) is 0. The van der Waals surface area contributed by atoms with Gasteiger partial charge in [0, 0.05) is 22.8 Å². The fourth-order valence-electron chi connectivity index (χ4n) is 1.63. The number of anilines is 1. The number of amides is 1. The van der Waals surface area contributed by atoms with Crippen molar-refractivity contribution in [1.82, 2.24) is 0 Å². The minimum absolute atomic E-state index is 0.0246. The van der Waals surface area contributed by atoms with Crippen molar-refractivity contribution in [2.75, 3.05) is 5.32 Å². The first-order valence-electron chi connectivity index (χ1n) is 5.51. The average molecular weight is 293 g/mol. The average Bonchev–Trinajstić information content (AvgIpc) is 2.38. The van der Waals surface area contributed by atoms with E-state index in [0.717, 1.165) is 0 Å². The first kappa shape index (κ1) is 13.8. The van der Waals surface area contributed by atoms with Crippen LogP contribution in [0.5, 0.6) is 5.75 Å². The summed E-state index contributed by atoms with van der Waals surface area (Å²) in [4.78, 5) is 22.3. The number of phenols is 1. The predicted molar refractivity (Wildman–Crippen MR) is 74.2 cm³/mol. The topological polar surface area (TPSA) is 92.5 Å². The molecule has 0 atom stereocenters. The van der Waals surface area contributed by atoms with E-state index in [2.05, 4.69) is 5.32 Å². The highest BCUT2D eigenvalue weighted by Gasteiger charge is 2.20. The number of nitrogens with zero attached hydrogens (tertiary/aromatic N) is 1. The maximum Gasteiger partial charge on any atom is 0.282 e. The number of nitro groups is 1. The molecule has 2 aromatic rings. The molecule has 0 fully saturated rings. The van der Waals surface area contributed by atoms with Gasteiger partial charge in [0.05, 0.1) is 4.92 Å². The molecule has 0 bridgehead atoms. The van der Waals surface area contributed by atoms with Crippen LogP contribution in [-0.2, 0) is 0 Å². The molecule has 0 spiro atoms. The number of hydrogen-bond donors (Lipinski definition) is 2. The van der Waals surface area contributed by atoms with Crippen molar-refractivity contribution < 1.29 is 14.8 Å². The minimum Gasteiger partial charge on any atom is -0.508 e. The van der Waals surface area contributed by atoms with Gasteiger partial charge in [-0.2, -0.15) is 0 Å². The lowest BCUT2D eigenvalue weighted by atomic mass is 10.1. The number of carbonyl (C=O) groups is 1. The van der Waals surface area contributed by atoms with Gasteiger partial charge in [0.15, 0.2) is 0 Å². The van der Waals surface area contributed by atoms with E-state index in [1.54, 1.807) is 6.07 Å². The van der Waals surface area contributed by atoms with Crippen molar-refractivity contribution in [3.8, 4) is 5.75 Å². The van der Waals surface area contributed by atoms with Gasteiger partial charge in [-0.05, 0) is 24.3 Å². The van der Waals surface area contributed by atoms with Gasteiger partial charge >= 0.3 is 0 Å². The third kappa shape index (κ3) is 3.04. The van der Waals surface area contributed by atoms with E-state index in [9.17, 15) is 20.0 Å². The molecule has 7 heteroatoms. The van der Waals surface area contributed by atoms with Crippen molar-refractivity contribution in [3.63, 3.8) is 0 Å². The molecule has 6 nitrogen and oxygen atoms in total. The number of halogens is 1. The van der Waals surface area contributed by atoms with Crippen LogP contribution < -0.4 is 5.32 Å². The van der Waals surface area contributed by atoms with Gasteiger partial charge in [-0.1, -0.05) is 17.7 Å². The van der Waals surface area contributed by atoms with E-state index in [1.807, 2.05) is 0 Å². The third-order valence-corrected chi connectivity index (χ3v) is 2.74. The van der Waals surface area contributed by atoms with Gasteiger partial charge in [-0.25, -0.2) is 0 Å². The maximum atomic E-state index is 12.0. The number of phenolic OH excluding ortho intramolecular Hbond substituents is 1. The molecule has 0 heterocycles. The minimum atomic E-state index is -0.676. The summed E-state index contributed by atoms with van der Waals surface area (Å²) < 4.78 is 0. The van der Waals surface area contributed by atoms with Crippen LogP contribution in [0, 0.1) is 10.1 Å². The lowest BCUT2D eigenvalue weighted by Crippen LogP contribution is -2.13. The summed E-state index contributed by atoms with van der Waals surface area (Å²) in [6.07, 6.45) is 0. The second-order valence-corrected chi connectivity index (χ2v) is 4.36. The number of nitro benzene ring substituents is 1. The van der Waals surface area contributed by atoms with Crippen LogP contribution in [0.1, 0.15) is 10.4 Å². The van der Waals surface area contributed by atoms with Gasteiger partial charge in [0.2, 0.25) is 0 Å². The Balaban J connectivity index is 2.34. The Morgan fingerprint density at radius 1 is 1.25 bits per heavy atom. The number of carbonyl (C=O) groups excluding carboxylic acids is 1. The summed E-state index contributed by atoms with van der Waals surface area (Å²) in [5.74, 6) is -0.701. The highest BCUT2D eigenvalue weighted by molar-refractivity contribution is 6.31. The Bertz CT molecular complexity index is 688. The summed E-state index contributed by atoms with van der Waals surface area (Å²) in [6, 6.07) is 9.58. The van der Waals surface area contributed by atoms with Crippen LogP contribution in [-0.4, -0.2) is 15.9 Å². The Morgan fingerprint density at radius 3 is 2.65 bits per heavy atom. The first-order chi connectivity index (χ1) is 9.47. The van der Waals surface area contributed by atoms with Crippen molar-refractivity contribution >= 4 is 28.9 Å². The Kier molecular flexibility index (Phi) is 3.86. The molecule has 0 radical (unpaired) electrons. The van der Waals surface area contributed by atoms with Crippen molar-refractivity contribution in [2.45, 2.75) is 0 Å². The van der Waals surface area contributed by atoms with E-state index in [1.165, 1.54) is 36.4 Å². The van der Waals surface area contributed by atoms with E-state index in [4.69, 9.17) is 11.6 Å². The standard InChI is InChI=1S/C13H9ClN2O4/c14-8-4-5-12(16(19)20)11(6-8)13(18)15-9-2-1-3-10(17)7-9/h1-7,17H,(H,15,18). The molecule has 2 aromatic carbocycles. The zero-order valence-electron chi connectivity index (χ0n) is 10.0. The van der Waals surface area contributed by atoms with Crippen LogP contribution in [0.25, 0.3) is 0 Å². The van der Waals surface area contributed by atoms with Gasteiger partial charge in [-0.3, -0.25) is 14.9 Å². The molecule has 102 valence electrons. The van der Waals surface area contributed by atoms with E-state index >= 15 is 0 Å². The highest BCUT2D eigenvalue weighted by atomic mass is 35.5. The van der Waals surface area contributed by atoms with Gasteiger partial charge in [0.1, 0.15) is 11.3 Å². The lowest BCUT2D eigenvalue weighted by Gasteiger charge is -2.06. The van der Waals surface area contributed by atoms with Crippen molar-refractivity contribution in [1.29, 1.82) is 0 Å². The monoisotopic (exact) mass is 292 g/mol. The third-order valence-electron chi connectivity index (χ3n) is 2.50. The molecule has 1 amide bonds. The fourth-order valence-corrected chi connectivity index (χ4v) is 1.80. The van der Waals surface area contributed by atoms with Crippen LogP contribution in [0.4, 0.5) is 11.4 Å². The fraction of sp³-hybridized carbons (Fsp3) is 0. The molecule has 0 aliphatic carbocycles. The Morgan fingerprint density at radius 2 is 2.00 bits per heavy atom. The molecule has 20 heavy (non-hydrogen) atoms. The van der Waals surface area contributed by atoms with Crippen LogP contribution in [0.2, 0.25) is 5.02 Å². The van der Waals surface area contributed by atoms with Crippen LogP contribution >= 0.6 is 11.6 Å². The van der Waals surface area contributed by atoms with Crippen molar-refractivity contribution in [3.05, 3.63) is 63.2 Å². The second kappa shape index (κ2) is 5.58. The first-order valence-corrected chi connectivity index (χ1v) is 5.89. The molecule has 0 saturated carbocycles. The molecule has 0 aliphatic rings. The number of rotatable bonds is 3.